The van der Waals surface area contributed by atoms with Gasteiger partial charge >= 0.3 is 0 Å². The molecule has 0 aliphatic heterocycles. The molecular weight excluding hydrogens is 168 g/mol. The minimum atomic E-state index is -0.439. The van der Waals surface area contributed by atoms with Gasteiger partial charge in [0, 0.05) is 6.20 Å². The molecule has 1 aromatic heterocycles. The van der Waals surface area contributed by atoms with Crippen LogP contribution in [0.5, 0.6) is 0 Å². The summed E-state index contributed by atoms with van der Waals surface area (Å²) in [6.45, 7) is 3.74. The number of hydrogen-bond acceptors (Lipinski definition) is 1. The third-order valence-electron chi connectivity index (χ3n) is 1.84. The van der Waals surface area contributed by atoms with Crippen LogP contribution >= 0.6 is 0 Å². The Morgan fingerprint density at radius 3 is 2.46 bits per heavy atom. The van der Waals surface area contributed by atoms with Gasteiger partial charge in [-0.1, -0.05) is 0 Å². The van der Waals surface area contributed by atoms with Crippen LogP contribution in [0.3, 0.4) is 0 Å². The Labute approximate surface area is 75.8 Å². The van der Waals surface area contributed by atoms with Crippen LogP contribution in [-0.2, 0) is 0 Å². The molecule has 0 radical (unpaired) electrons. The van der Waals surface area contributed by atoms with Gasteiger partial charge in [0.05, 0.1) is 0 Å². The van der Waals surface area contributed by atoms with Crippen molar-refractivity contribution in [3.63, 3.8) is 0 Å². The Balaban J connectivity index is 3.03. The van der Waals surface area contributed by atoms with Gasteiger partial charge in [-0.2, -0.15) is 4.99 Å². The van der Waals surface area contributed by atoms with Crippen LogP contribution in [0.15, 0.2) is 11.2 Å². The molecule has 1 rings (SSSR count). The number of rotatable bonds is 1. The fourth-order valence-corrected chi connectivity index (χ4v) is 0.989. The third kappa shape index (κ3) is 1.87. The highest BCUT2D eigenvalue weighted by molar-refractivity contribution is 6.01. The van der Waals surface area contributed by atoms with Gasteiger partial charge in [0.15, 0.2) is 5.96 Å². The number of aryl methyl sites for hydroxylation is 1. The van der Waals surface area contributed by atoms with Gasteiger partial charge in [-0.15, -0.1) is 0 Å². The van der Waals surface area contributed by atoms with Crippen LogP contribution in [0.25, 0.3) is 0 Å². The minimum Gasteiger partial charge on any atom is -0.370 e. The highest BCUT2D eigenvalue weighted by Crippen LogP contribution is 2.11. The average Bonchev–Trinajstić information content (AvgIpc) is 2.31. The molecule has 5 nitrogen and oxygen atoms in total. The quantitative estimate of drug-likeness (QED) is 0.420. The number of carbonyl (C=O) groups is 1. The molecule has 0 atom stereocenters. The van der Waals surface area contributed by atoms with E-state index < -0.39 is 5.91 Å². The van der Waals surface area contributed by atoms with Gasteiger partial charge in [-0.3, -0.25) is 4.79 Å². The topological polar surface area (TPSA) is 97.3 Å². The van der Waals surface area contributed by atoms with Crippen molar-refractivity contribution in [3.05, 3.63) is 23.0 Å². The van der Waals surface area contributed by atoms with Crippen molar-refractivity contribution in [1.82, 2.24) is 4.98 Å². The fraction of sp³-hybridized carbons (Fsp3) is 0.250. The molecule has 1 heterocycles. The lowest BCUT2D eigenvalue weighted by Gasteiger charge is -1.94. The van der Waals surface area contributed by atoms with Crippen molar-refractivity contribution in [2.75, 3.05) is 0 Å². The molecule has 0 aliphatic carbocycles. The lowest BCUT2D eigenvalue weighted by molar-refractivity contribution is 0.0998. The van der Waals surface area contributed by atoms with Crippen LogP contribution in [0, 0.1) is 13.8 Å². The number of aromatic amines is 1. The molecule has 1 amide bonds. The Hall–Kier alpha value is -1.78. The lowest BCUT2D eigenvalue weighted by Crippen LogP contribution is -2.24. The lowest BCUT2D eigenvalue weighted by atomic mass is 10.2. The zero-order valence-corrected chi connectivity index (χ0v) is 7.59. The zero-order chi connectivity index (χ0) is 10.0. The number of aromatic nitrogens is 1. The molecule has 0 bridgehead atoms. The van der Waals surface area contributed by atoms with E-state index in [1.165, 1.54) is 0 Å². The summed E-state index contributed by atoms with van der Waals surface area (Å²) in [4.78, 5) is 17.5. The summed E-state index contributed by atoms with van der Waals surface area (Å²) in [6, 6.07) is 0. The minimum absolute atomic E-state index is 0.225. The number of carbonyl (C=O) groups excluding carboxylic acids is 1. The second-order valence-electron chi connectivity index (χ2n) is 2.81. The number of nitrogens with one attached hydrogen (secondary N) is 1. The second-order valence-corrected chi connectivity index (χ2v) is 2.81. The molecule has 5 heteroatoms. The van der Waals surface area contributed by atoms with E-state index in [1.54, 1.807) is 6.20 Å². The Morgan fingerprint density at radius 1 is 1.46 bits per heavy atom. The van der Waals surface area contributed by atoms with Crippen LogP contribution in [0.4, 0.5) is 0 Å². The van der Waals surface area contributed by atoms with Crippen LogP contribution in [0.2, 0.25) is 0 Å². The normalized spacial score (nSPS) is 9.69. The number of guanidine groups is 1. The molecule has 0 fully saturated rings. The summed E-state index contributed by atoms with van der Waals surface area (Å²) in [6.07, 6.45) is 1.74. The Kier molecular flexibility index (Phi) is 2.36. The van der Waals surface area contributed by atoms with Crippen molar-refractivity contribution in [2.24, 2.45) is 16.5 Å². The first-order valence-electron chi connectivity index (χ1n) is 3.81. The zero-order valence-electron chi connectivity index (χ0n) is 7.59. The molecule has 5 N–H and O–H groups in total. The van der Waals surface area contributed by atoms with E-state index in [9.17, 15) is 4.79 Å². The van der Waals surface area contributed by atoms with Crippen molar-refractivity contribution < 1.29 is 4.79 Å². The molecule has 0 spiro atoms. The highest BCUT2D eigenvalue weighted by Gasteiger charge is 2.11. The smallest absolute Gasteiger partial charge is 0.296 e. The van der Waals surface area contributed by atoms with Gasteiger partial charge in [0.1, 0.15) is 5.69 Å². The number of aliphatic imine (C=N–C) groups is 1. The summed E-state index contributed by atoms with van der Waals surface area (Å²) >= 11 is 0. The van der Waals surface area contributed by atoms with E-state index in [4.69, 9.17) is 11.5 Å². The number of hydrogen-bond donors (Lipinski definition) is 3. The average molecular weight is 180 g/mol. The summed E-state index contributed by atoms with van der Waals surface area (Å²) < 4.78 is 0. The van der Waals surface area contributed by atoms with E-state index in [1.807, 2.05) is 13.8 Å². The van der Waals surface area contributed by atoms with Crippen molar-refractivity contribution in [1.29, 1.82) is 0 Å². The Bertz CT molecular complexity index is 360. The number of H-pyrrole nitrogens is 1. The van der Waals surface area contributed by atoms with Gasteiger partial charge in [0.2, 0.25) is 0 Å². The first-order valence-corrected chi connectivity index (χ1v) is 3.81. The molecular formula is C8H12N4O. The maximum atomic E-state index is 11.3. The predicted molar refractivity (Wildman–Crippen MR) is 50.4 cm³/mol. The van der Waals surface area contributed by atoms with E-state index in [0.29, 0.717) is 5.69 Å². The molecule has 13 heavy (non-hydrogen) atoms. The monoisotopic (exact) mass is 180 g/mol. The molecule has 0 saturated heterocycles. The number of nitrogens with two attached hydrogens (primary N) is 2. The first-order chi connectivity index (χ1) is 6.02. The van der Waals surface area contributed by atoms with Gasteiger partial charge < -0.3 is 16.5 Å². The van der Waals surface area contributed by atoms with E-state index in [2.05, 4.69) is 9.98 Å². The maximum Gasteiger partial charge on any atom is 0.296 e. The van der Waals surface area contributed by atoms with Gasteiger partial charge in [-0.05, 0) is 25.0 Å². The predicted octanol–water partition coefficient (Wildman–Crippen LogP) is 0.0451. The summed E-state index contributed by atoms with van der Waals surface area (Å²) in [7, 11) is 0. The van der Waals surface area contributed by atoms with Crippen LogP contribution in [-0.4, -0.2) is 16.9 Å². The van der Waals surface area contributed by atoms with E-state index in [-0.39, 0.29) is 5.96 Å². The summed E-state index contributed by atoms with van der Waals surface area (Å²) in [5.41, 5.74) is 12.5. The molecule has 0 aliphatic rings. The third-order valence-corrected chi connectivity index (χ3v) is 1.84. The molecule has 0 unspecified atom stereocenters. The van der Waals surface area contributed by atoms with Gasteiger partial charge in [0.25, 0.3) is 5.91 Å². The molecule has 70 valence electrons. The fourth-order valence-electron chi connectivity index (χ4n) is 0.989. The summed E-state index contributed by atoms with van der Waals surface area (Å²) in [5.74, 6) is -0.665. The van der Waals surface area contributed by atoms with Crippen molar-refractivity contribution in [3.8, 4) is 0 Å². The van der Waals surface area contributed by atoms with Crippen LogP contribution in [0.1, 0.15) is 21.6 Å². The first kappa shape index (κ1) is 9.31. The maximum absolute atomic E-state index is 11.3. The van der Waals surface area contributed by atoms with E-state index >= 15 is 0 Å². The SMILES string of the molecule is Cc1c[nH]c(C(=O)N=C(N)N)c1C. The Morgan fingerprint density at radius 2 is 2.08 bits per heavy atom. The van der Waals surface area contributed by atoms with Crippen LogP contribution < -0.4 is 11.5 Å². The number of nitrogens with zero attached hydrogens (tertiary/aromatic N) is 1. The largest absolute Gasteiger partial charge is 0.370 e. The van der Waals surface area contributed by atoms with Gasteiger partial charge in [-0.25, -0.2) is 0 Å². The standard InChI is InChI=1S/C8H12N4O/c1-4-3-11-6(5(4)2)7(13)12-8(9)10/h3,11H,1-2H3,(H4,9,10,12,13). The van der Waals surface area contributed by atoms with Crippen molar-refractivity contribution in [2.45, 2.75) is 13.8 Å². The molecule has 1 aromatic rings. The summed E-state index contributed by atoms with van der Waals surface area (Å²) in [5, 5.41) is 0. The molecule has 0 saturated carbocycles. The van der Waals surface area contributed by atoms with E-state index in [0.717, 1.165) is 11.1 Å². The highest BCUT2D eigenvalue weighted by atomic mass is 16.1. The van der Waals surface area contributed by atoms with Crippen molar-refractivity contribution >= 4 is 11.9 Å². The second kappa shape index (κ2) is 3.30. The molecule has 0 aromatic carbocycles. The number of amides is 1.